The number of ether oxygens (including phenoxy) is 4. The molecule has 1 amide bonds. The third kappa shape index (κ3) is 6.36. The van der Waals surface area contributed by atoms with Gasteiger partial charge in [-0.05, 0) is 97.0 Å². The molecular weight excluding hydrogens is 608 g/mol. The van der Waals surface area contributed by atoms with Crippen molar-refractivity contribution in [3.63, 3.8) is 0 Å². The summed E-state index contributed by atoms with van der Waals surface area (Å²) in [5.74, 6) is 1.43. The average Bonchev–Trinajstić information content (AvgIpc) is 3.79. The van der Waals surface area contributed by atoms with Gasteiger partial charge < -0.3 is 33.3 Å². The minimum absolute atomic E-state index is 0.000931. The fourth-order valence-corrected chi connectivity index (χ4v) is 8.68. The van der Waals surface area contributed by atoms with E-state index in [2.05, 4.69) is 45.8 Å². The number of carbonyl (C=O) groups is 1. The van der Waals surface area contributed by atoms with Crippen LogP contribution in [0.1, 0.15) is 78.3 Å². The summed E-state index contributed by atoms with van der Waals surface area (Å²) in [5.41, 5.74) is 1.74. The predicted octanol–water partition coefficient (Wildman–Crippen LogP) is 6.02. The number of nitrogens with zero attached hydrogens (tertiary/aromatic N) is 6. The van der Waals surface area contributed by atoms with E-state index in [9.17, 15) is 4.79 Å². The van der Waals surface area contributed by atoms with Gasteiger partial charge in [0.05, 0.1) is 24.6 Å². The maximum atomic E-state index is 12.8. The number of hydrogen-bond donors (Lipinski definition) is 0. The minimum Gasteiger partial charge on any atom is -0.497 e. The highest BCUT2D eigenvalue weighted by molar-refractivity contribution is 5.88. The molecule has 1 aromatic carbocycles. The van der Waals surface area contributed by atoms with E-state index in [1.807, 2.05) is 51.7 Å². The van der Waals surface area contributed by atoms with Gasteiger partial charge in [0.1, 0.15) is 35.2 Å². The van der Waals surface area contributed by atoms with Crippen molar-refractivity contribution in [1.82, 2.24) is 24.3 Å². The fraction of sp³-hybridized carbons (Fsp3) is 0.649. The van der Waals surface area contributed by atoms with Crippen LogP contribution in [0.4, 0.5) is 10.6 Å². The van der Waals surface area contributed by atoms with Gasteiger partial charge in [-0.25, -0.2) is 14.8 Å². The van der Waals surface area contributed by atoms with Gasteiger partial charge in [0.15, 0.2) is 5.79 Å². The van der Waals surface area contributed by atoms with Crippen molar-refractivity contribution in [2.45, 2.75) is 108 Å². The number of aromatic nitrogens is 3. The Morgan fingerprint density at radius 2 is 1.75 bits per heavy atom. The van der Waals surface area contributed by atoms with Crippen LogP contribution in [0.15, 0.2) is 42.9 Å². The van der Waals surface area contributed by atoms with E-state index in [1.54, 1.807) is 13.4 Å². The lowest BCUT2D eigenvalue weighted by atomic mass is 9.84. The first-order valence-corrected chi connectivity index (χ1v) is 17.6. The van der Waals surface area contributed by atoms with Gasteiger partial charge in [-0.2, -0.15) is 0 Å². The molecule has 7 rings (SSSR count). The molecule has 4 aliphatic rings. The largest absolute Gasteiger partial charge is 0.497 e. The molecule has 4 fully saturated rings. The molecule has 3 aliphatic heterocycles. The molecule has 3 aromatic rings. The zero-order valence-corrected chi connectivity index (χ0v) is 29.6. The number of likely N-dealkylation sites (tertiary alicyclic amines) is 2. The lowest BCUT2D eigenvalue weighted by molar-refractivity contribution is -0.161. The number of carbonyl (C=O) groups excluding carboxylic acids is 1. The molecule has 0 unspecified atom stereocenters. The van der Waals surface area contributed by atoms with Crippen molar-refractivity contribution in [2.24, 2.45) is 5.92 Å². The molecule has 11 nitrogen and oxygen atoms in total. The van der Waals surface area contributed by atoms with Gasteiger partial charge in [0.25, 0.3) is 0 Å². The van der Waals surface area contributed by atoms with Crippen molar-refractivity contribution in [2.75, 3.05) is 45.2 Å². The number of piperidine rings is 1. The van der Waals surface area contributed by atoms with E-state index >= 15 is 0 Å². The van der Waals surface area contributed by atoms with Gasteiger partial charge in [-0.3, -0.25) is 4.90 Å². The number of benzene rings is 1. The van der Waals surface area contributed by atoms with E-state index < -0.39 is 11.4 Å². The van der Waals surface area contributed by atoms with Gasteiger partial charge >= 0.3 is 6.09 Å². The van der Waals surface area contributed by atoms with Crippen LogP contribution in [-0.2, 0) is 20.8 Å². The SMILES string of the molecule is COc1ccc(CN(C)c2ncnc3c2ccn3[C@@H]2C[C@H](CN3CCCC34CCN(C(=O)OC(C)(C)C)CC4)[C@H]3OC(C)(C)O[C@H]32)cc1. The number of fused-ring (bicyclic) bond motifs is 2. The second-order valence-electron chi connectivity index (χ2n) is 15.7. The molecule has 1 saturated carbocycles. The van der Waals surface area contributed by atoms with Crippen LogP contribution >= 0.6 is 0 Å². The highest BCUT2D eigenvalue weighted by Gasteiger charge is 2.56. The van der Waals surface area contributed by atoms with Crippen molar-refractivity contribution >= 4 is 22.9 Å². The second kappa shape index (κ2) is 12.5. The molecule has 1 aliphatic carbocycles. The molecule has 3 saturated heterocycles. The van der Waals surface area contributed by atoms with Gasteiger partial charge in [-0.1, -0.05) is 12.1 Å². The highest BCUT2D eigenvalue weighted by Crippen LogP contribution is 2.50. The van der Waals surface area contributed by atoms with Crippen LogP contribution in [0, 0.1) is 5.92 Å². The number of amides is 1. The van der Waals surface area contributed by atoms with Crippen LogP contribution in [0.5, 0.6) is 5.75 Å². The summed E-state index contributed by atoms with van der Waals surface area (Å²) in [4.78, 5) is 29.1. The van der Waals surface area contributed by atoms with Crippen LogP contribution in [0.3, 0.4) is 0 Å². The molecule has 0 radical (unpaired) electrons. The topological polar surface area (TPSA) is 94.4 Å². The number of hydrogen-bond acceptors (Lipinski definition) is 9. The Labute approximate surface area is 284 Å². The molecule has 11 heteroatoms. The van der Waals surface area contributed by atoms with E-state index in [1.165, 1.54) is 18.4 Å². The number of rotatable bonds is 7. The zero-order chi connectivity index (χ0) is 33.8. The van der Waals surface area contributed by atoms with E-state index in [4.69, 9.17) is 28.9 Å². The molecule has 5 heterocycles. The van der Waals surface area contributed by atoms with Crippen molar-refractivity contribution in [3.05, 3.63) is 48.4 Å². The molecule has 0 N–H and O–H groups in total. The van der Waals surface area contributed by atoms with Crippen molar-refractivity contribution < 1.29 is 23.7 Å². The molecule has 0 bridgehead atoms. The smallest absolute Gasteiger partial charge is 0.410 e. The zero-order valence-electron chi connectivity index (χ0n) is 29.6. The van der Waals surface area contributed by atoms with Crippen molar-refractivity contribution in [1.29, 1.82) is 0 Å². The fourth-order valence-electron chi connectivity index (χ4n) is 8.68. The Kier molecular flexibility index (Phi) is 8.61. The lowest BCUT2D eigenvalue weighted by Crippen LogP contribution is -2.55. The first-order valence-electron chi connectivity index (χ1n) is 17.6. The van der Waals surface area contributed by atoms with Crippen molar-refractivity contribution in [3.8, 4) is 5.75 Å². The van der Waals surface area contributed by atoms with E-state index in [-0.39, 0.29) is 29.9 Å². The summed E-state index contributed by atoms with van der Waals surface area (Å²) in [6.45, 7) is 14.1. The minimum atomic E-state index is -0.643. The molecule has 260 valence electrons. The Hall–Kier alpha value is -3.41. The van der Waals surface area contributed by atoms with Gasteiger partial charge in [0, 0.05) is 50.9 Å². The molecule has 1 spiro atoms. The summed E-state index contributed by atoms with van der Waals surface area (Å²) in [7, 11) is 3.76. The molecular formula is C37H52N6O5. The van der Waals surface area contributed by atoms with E-state index in [0.717, 1.165) is 74.6 Å². The van der Waals surface area contributed by atoms with Gasteiger partial charge in [-0.15, -0.1) is 0 Å². The van der Waals surface area contributed by atoms with E-state index in [0.29, 0.717) is 5.92 Å². The van der Waals surface area contributed by atoms with Crippen LogP contribution in [0.25, 0.3) is 11.0 Å². The molecule has 4 atom stereocenters. The van der Waals surface area contributed by atoms with Crippen LogP contribution in [0.2, 0.25) is 0 Å². The van der Waals surface area contributed by atoms with Gasteiger partial charge in [0.2, 0.25) is 0 Å². The first kappa shape index (κ1) is 33.1. The summed E-state index contributed by atoms with van der Waals surface area (Å²) in [6.07, 6.45) is 8.84. The average molecular weight is 661 g/mol. The lowest BCUT2D eigenvalue weighted by Gasteiger charge is -2.46. The monoisotopic (exact) mass is 660 g/mol. The van der Waals surface area contributed by atoms with Crippen LogP contribution < -0.4 is 9.64 Å². The Bertz CT molecular complexity index is 1610. The number of methoxy groups -OCH3 is 1. The quantitative estimate of drug-likeness (QED) is 0.302. The highest BCUT2D eigenvalue weighted by atomic mass is 16.8. The maximum Gasteiger partial charge on any atom is 0.410 e. The van der Waals surface area contributed by atoms with Crippen LogP contribution in [-0.4, -0.2) is 99.9 Å². The molecule has 2 aromatic heterocycles. The third-order valence-electron chi connectivity index (χ3n) is 10.9. The Balaban J connectivity index is 1.08. The summed E-state index contributed by atoms with van der Waals surface area (Å²) in [6, 6.07) is 10.4. The summed E-state index contributed by atoms with van der Waals surface area (Å²) in [5, 5.41) is 1.03. The first-order chi connectivity index (χ1) is 22.8. The predicted molar refractivity (Wildman–Crippen MR) is 184 cm³/mol. The summed E-state index contributed by atoms with van der Waals surface area (Å²) < 4.78 is 26.7. The second-order valence-corrected chi connectivity index (χ2v) is 15.7. The Morgan fingerprint density at radius 3 is 2.46 bits per heavy atom. The third-order valence-corrected chi connectivity index (χ3v) is 10.9. The number of anilines is 1. The Morgan fingerprint density at radius 1 is 1.02 bits per heavy atom. The normalized spacial score (nSPS) is 26.7. The standard InChI is InChI=1S/C37H52N6O5/c1-35(2,3)48-34(44)41-19-15-37(16-20-41)14-8-17-42(37)23-26-21-29(31-30(26)46-36(4,5)47-31)43-18-13-28-32(38-24-39-33(28)43)40(6)22-25-9-11-27(45-7)12-10-25/h9-13,18,24,26,29-31H,8,14-17,19-23H2,1-7H3/t26-,29-,30-,31+/m1/s1. The maximum absolute atomic E-state index is 12.8. The summed E-state index contributed by atoms with van der Waals surface area (Å²) >= 11 is 0. The molecule has 48 heavy (non-hydrogen) atoms.